The van der Waals surface area contributed by atoms with Crippen molar-refractivity contribution in [3.8, 4) is 5.75 Å². The topological polar surface area (TPSA) is 167 Å². The summed E-state index contributed by atoms with van der Waals surface area (Å²) >= 11 is 10.9. The van der Waals surface area contributed by atoms with Crippen LogP contribution in [0.15, 0.2) is 54.6 Å². The van der Waals surface area contributed by atoms with E-state index in [1.807, 2.05) is 32.6 Å². The summed E-state index contributed by atoms with van der Waals surface area (Å²) in [6, 6.07) is 12.7. The van der Waals surface area contributed by atoms with Crippen molar-refractivity contribution in [2.24, 2.45) is 17.8 Å². The van der Waals surface area contributed by atoms with Gasteiger partial charge in [-0.05, 0) is 72.4 Å². The molecule has 61 heavy (non-hydrogen) atoms. The molecule has 1 unspecified atom stereocenters. The van der Waals surface area contributed by atoms with Gasteiger partial charge in [-0.3, -0.25) is 24.1 Å². The van der Waals surface area contributed by atoms with Crippen molar-refractivity contribution in [1.82, 2.24) is 20.4 Å². The zero-order valence-electron chi connectivity index (χ0n) is 36.7. The van der Waals surface area contributed by atoms with E-state index in [-0.39, 0.29) is 54.1 Å². The van der Waals surface area contributed by atoms with Gasteiger partial charge < -0.3 is 34.9 Å². The molecule has 2 fully saturated rings. The number of esters is 1. The maximum Gasteiger partial charge on any atom is 0.345 e. The number of thiol groups is 1. The van der Waals surface area contributed by atoms with E-state index in [1.54, 1.807) is 24.3 Å². The summed E-state index contributed by atoms with van der Waals surface area (Å²) in [5, 5.41) is 15.3. The first-order chi connectivity index (χ1) is 28.8. The lowest BCUT2D eigenvalue weighted by atomic mass is 9.96. The number of epoxide rings is 1. The number of aliphatic carboxylic acids is 1. The third kappa shape index (κ3) is 16.6. The fraction of sp³-hybridized carbons (Fsp3) is 0.587. The highest BCUT2D eigenvalue weighted by atomic mass is 35.5. The third-order valence-corrected chi connectivity index (χ3v) is 11.5. The fourth-order valence-corrected chi connectivity index (χ4v) is 7.57. The van der Waals surface area contributed by atoms with Gasteiger partial charge in [0.1, 0.15) is 17.9 Å². The van der Waals surface area contributed by atoms with Gasteiger partial charge in [0.05, 0.1) is 24.2 Å². The molecule has 3 N–H and O–H groups in total. The molecule has 2 aliphatic rings. The lowest BCUT2D eigenvalue weighted by Crippen LogP contribution is -2.49. The molecule has 15 heteroatoms. The van der Waals surface area contributed by atoms with Gasteiger partial charge in [-0.2, -0.15) is 12.6 Å². The molecule has 2 saturated heterocycles. The van der Waals surface area contributed by atoms with Crippen molar-refractivity contribution < 1.29 is 43.3 Å². The molecule has 2 aromatic carbocycles. The highest BCUT2D eigenvalue weighted by Crippen LogP contribution is 2.44. The second kappa shape index (κ2) is 23.4. The van der Waals surface area contributed by atoms with Crippen molar-refractivity contribution in [2.75, 3.05) is 39.8 Å². The summed E-state index contributed by atoms with van der Waals surface area (Å²) in [6.45, 7) is 15.3. The van der Waals surface area contributed by atoms with Gasteiger partial charge in [0.15, 0.2) is 6.10 Å². The number of benzene rings is 2. The van der Waals surface area contributed by atoms with Crippen molar-refractivity contribution in [1.29, 1.82) is 0 Å². The molecule has 13 nitrogen and oxygen atoms in total. The van der Waals surface area contributed by atoms with Crippen LogP contribution in [0.2, 0.25) is 5.02 Å². The van der Waals surface area contributed by atoms with E-state index in [0.29, 0.717) is 29.2 Å². The van der Waals surface area contributed by atoms with Crippen LogP contribution in [0.4, 0.5) is 0 Å². The smallest absolute Gasteiger partial charge is 0.345 e. The van der Waals surface area contributed by atoms with Crippen LogP contribution in [0.1, 0.15) is 96.4 Å². The number of piperazine rings is 1. The first-order valence-electron chi connectivity index (χ1n) is 21.3. The van der Waals surface area contributed by atoms with Gasteiger partial charge in [0, 0.05) is 56.9 Å². The number of halogens is 1. The maximum atomic E-state index is 13.4. The number of methoxy groups -OCH3 is 1. The minimum absolute atomic E-state index is 0.00190. The van der Waals surface area contributed by atoms with E-state index in [0.717, 1.165) is 51.1 Å². The first kappa shape index (κ1) is 49.5. The SMILES string of the molecule is COc1ccc(C[C@@H](NC(=O)/C=C/CC[C@H](C)C2O[C@@H]2c2ccc(CN3CCN(C(=O)CCC(C)(C)S)CC3)cc2)C(=O)NC[C@@H](C)C(=O)O[C@@H](CC(C)C)C(=O)O)cc1Cl. The molecule has 0 radical (unpaired) electrons. The summed E-state index contributed by atoms with van der Waals surface area (Å²) in [4.78, 5) is 67.8. The number of amides is 3. The van der Waals surface area contributed by atoms with Gasteiger partial charge in [0.2, 0.25) is 17.7 Å². The van der Waals surface area contributed by atoms with E-state index in [9.17, 15) is 29.1 Å². The van der Waals surface area contributed by atoms with Crippen LogP contribution in [0.5, 0.6) is 5.75 Å². The number of nitrogens with one attached hydrogen (secondary N) is 2. The average molecular weight is 886 g/mol. The Morgan fingerprint density at radius 2 is 1.69 bits per heavy atom. The number of carboxylic acids is 1. The van der Waals surface area contributed by atoms with E-state index >= 15 is 0 Å². The van der Waals surface area contributed by atoms with Gasteiger partial charge in [-0.1, -0.05) is 89.6 Å². The maximum absolute atomic E-state index is 13.4. The zero-order valence-corrected chi connectivity index (χ0v) is 38.3. The van der Waals surface area contributed by atoms with Gasteiger partial charge >= 0.3 is 11.9 Å². The first-order valence-corrected chi connectivity index (χ1v) is 22.1. The summed E-state index contributed by atoms with van der Waals surface area (Å²) in [6.07, 6.45) is 5.03. The fourth-order valence-electron chi connectivity index (χ4n) is 7.18. The number of carbonyl (C=O) groups excluding carboxylic acids is 4. The van der Waals surface area contributed by atoms with Crippen LogP contribution in [-0.2, 0) is 46.4 Å². The monoisotopic (exact) mass is 884 g/mol. The number of hydrogen-bond donors (Lipinski definition) is 4. The van der Waals surface area contributed by atoms with Crippen molar-refractivity contribution in [3.05, 3.63) is 76.3 Å². The van der Waals surface area contributed by atoms with Crippen LogP contribution in [0.3, 0.4) is 0 Å². The van der Waals surface area contributed by atoms with Crippen LogP contribution >= 0.6 is 24.2 Å². The Morgan fingerprint density at radius 1 is 1.02 bits per heavy atom. The number of carbonyl (C=O) groups is 5. The van der Waals surface area contributed by atoms with Gasteiger partial charge in [0.25, 0.3) is 0 Å². The molecule has 2 heterocycles. The average Bonchev–Trinajstić information content (AvgIpc) is 4.01. The normalized spacial score (nSPS) is 18.9. The summed E-state index contributed by atoms with van der Waals surface area (Å²) in [7, 11) is 1.50. The molecule has 336 valence electrons. The quantitative estimate of drug-likeness (QED) is 0.0424. The van der Waals surface area contributed by atoms with Crippen LogP contribution in [0, 0.1) is 17.8 Å². The molecule has 2 aliphatic heterocycles. The number of allylic oxidation sites excluding steroid dienone is 1. The van der Waals surface area contributed by atoms with Crippen molar-refractivity contribution >= 4 is 53.9 Å². The molecule has 6 atom stereocenters. The Labute approximate surface area is 371 Å². The van der Waals surface area contributed by atoms with Crippen LogP contribution < -0.4 is 15.4 Å². The summed E-state index contributed by atoms with van der Waals surface area (Å²) < 4.78 is 16.4. The molecule has 3 amide bonds. The molecule has 0 aromatic heterocycles. The lowest BCUT2D eigenvalue weighted by molar-refractivity contribution is -0.167. The Hall–Kier alpha value is -4.11. The Kier molecular flexibility index (Phi) is 19.0. The molecular weight excluding hydrogens is 820 g/mol. The second-order valence-corrected chi connectivity index (χ2v) is 19.1. The predicted octanol–water partition coefficient (Wildman–Crippen LogP) is 6.42. The Balaban J connectivity index is 1.23. The summed E-state index contributed by atoms with van der Waals surface area (Å²) in [5.41, 5.74) is 3.04. The highest BCUT2D eigenvalue weighted by Gasteiger charge is 2.43. The largest absolute Gasteiger partial charge is 0.495 e. The Bertz CT molecular complexity index is 1830. The minimum atomic E-state index is -1.28. The minimum Gasteiger partial charge on any atom is -0.495 e. The van der Waals surface area contributed by atoms with Crippen LogP contribution in [-0.4, -0.2) is 107 Å². The standard InChI is InChI=1S/C46H65ClN4O9S/c1-29(2)24-38(44(55)56)59-45(57)31(4)27-48-43(54)36(26-33-14-17-37(58-7)35(47)25-33)49-39(52)11-9-8-10-30(3)41-42(60-41)34-15-12-32(13-16-34)28-50-20-22-51(23-21-50)40(53)18-19-46(5,6)61/h9,11-17,25,29-31,36,38,41-42,61H,8,10,18-24,26-28H2,1-7H3,(H,48,54)(H,49,52)(H,55,56)/b11-9+/t30-,31+,36+,38-,41?,42+/m0/s1. The van der Waals surface area contributed by atoms with Crippen molar-refractivity contribution in [2.45, 2.75) is 116 Å². The third-order valence-electron chi connectivity index (χ3n) is 11.0. The molecule has 0 bridgehead atoms. The Morgan fingerprint density at radius 3 is 2.30 bits per heavy atom. The number of ether oxygens (including phenoxy) is 3. The number of rotatable bonds is 23. The predicted molar refractivity (Wildman–Crippen MR) is 239 cm³/mol. The molecule has 2 aromatic rings. The number of nitrogens with zero attached hydrogens (tertiary/aromatic N) is 2. The second-order valence-electron chi connectivity index (χ2n) is 17.5. The van der Waals surface area contributed by atoms with E-state index < -0.39 is 41.8 Å². The molecule has 0 spiro atoms. The number of carboxylic acid groups (broad SMARTS) is 1. The van der Waals surface area contributed by atoms with Crippen LogP contribution in [0.25, 0.3) is 0 Å². The van der Waals surface area contributed by atoms with Gasteiger partial charge in [-0.25, -0.2) is 4.79 Å². The zero-order chi connectivity index (χ0) is 44.9. The lowest BCUT2D eigenvalue weighted by Gasteiger charge is -2.35. The molecule has 4 rings (SSSR count). The van der Waals surface area contributed by atoms with E-state index in [4.69, 9.17) is 25.8 Å². The molecular formula is C46H65ClN4O9S. The molecule has 0 aliphatic carbocycles. The van der Waals surface area contributed by atoms with E-state index in [2.05, 4.69) is 59.4 Å². The number of hydrogen-bond acceptors (Lipinski definition) is 10. The van der Waals surface area contributed by atoms with Crippen molar-refractivity contribution in [3.63, 3.8) is 0 Å². The van der Waals surface area contributed by atoms with E-state index in [1.165, 1.54) is 25.7 Å². The summed E-state index contributed by atoms with van der Waals surface area (Å²) in [5.74, 6) is -2.87. The molecule has 0 saturated carbocycles. The highest BCUT2D eigenvalue weighted by molar-refractivity contribution is 7.81. The van der Waals surface area contributed by atoms with Gasteiger partial charge in [-0.15, -0.1) is 0 Å².